The van der Waals surface area contributed by atoms with E-state index in [4.69, 9.17) is 18.9 Å². The summed E-state index contributed by atoms with van der Waals surface area (Å²) >= 11 is 3.28. The second-order valence-electron chi connectivity index (χ2n) is 11.9. The Bertz CT molecular complexity index is 2490. The second kappa shape index (κ2) is 18.3. The van der Waals surface area contributed by atoms with E-state index in [0.29, 0.717) is 34.6 Å². The molecule has 0 bridgehead atoms. The summed E-state index contributed by atoms with van der Waals surface area (Å²) in [7, 11) is 1.36. The molecule has 8 rings (SSSR count). The summed E-state index contributed by atoms with van der Waals surface area (Å²) in [6, 6.07) is 26.0. The van der Waals surface area contributed by atoms with E-state index < -0.39 is 5.97 Å². The molecule has 0 unspecified atom stereocenters. The molecule has 0 amide bonds. The summed E-state index contributed by atoms with van der Waals surface area (Å²) in [5.74, 6) is 0.562. The Morgan fingerprint density at radius 3 is 1.36 bits per heavy atom. The van der Waals surface area contributed by atoms with Crippen LogP contribution < -0.4 is 18.9 Å². The van der Waals surface area contributed by atoms with Gasteiger partial charge in [0.1, 0.15) is 0 Å². The number of carbonyl (C=O) groups excluding carboxylic acids is 1. The van der Waals surface area contributed by atoms with E-state index in [1.165, 1.54) is 61.7 Å². The van der Waals surface area contributed by atoms with Crippen LogP contribution in [-0.4, -0.2) is 49.9 Å². The molecular formula is C41H39LiN4O7S2. The molecule has 0 saturated carbocycles. The predicted molar refractivity (Wildman–Crippen MR) is 214 cm³/mol. The minimum Gasteiger partial charge on any atom is -0.870 e. The summed E-state index contributed by atoms with van der Waals surface area (Å²) in [5, 5.41) is 19.5. The third kappa shape index (κ3) is 8.94. The van der Waals surface area contributed by atoms with Gasteiger partial charge in [-0.1, -0.05) is 73.7 Å². The third-order valence-electron chi connectivity index (χ3n) is 8.42. The molecule has 0 radical (unpaired) electrons. The van der Waals surface area contributed by atoms with Crippen LogP contribution in [0.1, 0.15) is 57.8 Å². The molecule has 0 saturated heterocycles. The van der Waals surface area contributed by atoms with Crippen LogP contribution in [0.4, 0.5) is 0 Å². The maximum atomic E-state index is 11.5. The monoisotopic (exact) mass is 770 g/mol. The molecule has 4 aromatic carbocycles. The maximum Gasteiger partial charge on any atom is 1.00 e. The van der Waals surface area contributed by atoms with E-state index in [9.17, 15) is 9.59 Å². The van der Waals surface area contributed by atoms with Crippen molar-refractivity contribution in [1.82, 2.24) is 20.3 Å². The van der Waals surface area contributed by atoms with Crippen molar-refractivity contribution in [2.24, 2.45) is 0 Å². The van der Waals surface area contributed by atoms with Gasteiger partial charge in [0.05, 0.1) is 28.0 Å². The third-order valence-corrected chi connectivity index (χ3v) is 10.9. The molecule has 55 heavy (non-hydrogen) atoms. The molecule has 0 spiro atoms. The molecule has 278 valence electrons. The minimum atomic E-state index is -0.962. The van der Waals surface area contributed by atoms with Crippen LogP contribution in [0.2, 0.25) is 0 Å². The number of rotatable bonds is 6. The number of thiophene rings is 2. The second-order valence-corrected chi connectivity index (χ2v) is 14.0. The Labute approximate surface area is 338 Å². The quantitative estimate of drug-likeness (QED) is 0.128. The number of aromatic carboxylic acids is 1. The number of carboxylic acids is 1. The van der Waals surface area contributed by atoms with Gasteiger partial charge in [-0.3, -0.25) is 0 Å². The molecule has 2 N–H and O–H groups in total. The van der Waals surface area contributed by atoms with Gasteiger partial charge in [-0.25, -0.2) is 9.59 Å². The Hall–Kier alpha value is -5.42. The molecule has 0 aliphatic carbocycles. The smallest absolute Gasteiger partial charge is 0.870 e. The molecule has 4 aromatic heterocycles. The molecule has 14 heteroatoms. The van der Waals surface area contributed by atoms with E-state index in [0.717, 1.165) is 15.3 Å². The Morgan fingerprint density at radius 1 is 0.618 bits per heavy atom. The summed E-state index contributed by atoms with van der Waals surface area (Å²) in [4.78, 5) is 33.3. The molecule has 0 aliphatic heterocycles. The number of aryl methyl sites for hydroxylation is 4. The summed E-state index contributed by atoms with van der Waals surface area (Å²) in [6.07, 6.45) is 0. The van der Waals surface area contributed by atoms with Gasteiger partial charge >= 0.3 is 30.8 Å². The van der Waals surface area contributed by atoms with E-state index in [1.54, 1.807) is 59.1 Å². The fourth-order valence-corrected chi connectivity index (χ4v) is 7.76. The number of carboxylic acid groups (broad SMARTS) is 1. The van der Waals surface area contributed by atoms with E-state index in [-0.39, 0.29) is 50.7 Å². The maximum absolute atomic E-state index is 11.5. The van der Waals surface area contributed by atoms with Crippen molar-refractivity contribution < 1.29 is 52.8 Å². The number of hydrogen-bond donors (Lipinski definition) is 1. The van der Waals surface area contributed by atoms with Crippen LogP contribution in [0.25, 0.3) is 64.5 Å². The van der Waals surface area contributed by atoms with Gasteiger partial charge in [-0.05, 0) is 97.1 Å². The van der Waals surface area contributed by atoms with Gasteiger partial charge in [-0.2, -0.15) is 9.97 Å². The van der Waals surface area contributed by atoms with Crippen molar-refractivity contribution in [1.29, 1.82) is 0 Å². The predicted octanol–water partition coefficient (Wildman–Crippen LogP) is 8.05. The van der Waals surface area contributed by atoms with Gasteiger partial charge in [0.15, 0.2) is 0 Å². The van der Waals surface area contributed by atoms with Crippen LogP contribution in [0.15, 0.2) is 94.0 Å². The van der Waals surface area contributed by atoms with Crippen LogP contribution in [0, 0.1) is 27.7 Å². The van der Waals surface area contributed by atoms with Gasteiger partial charge < -0.3 is 24.4 Å². The number of aromatic nitrogens is 4. The van der Waals surface area contributed by atoms with Gasteiger partial charge in [0.2, 0.25) is 11.6 Å². The average Bonchev–Trinajstić information content (AvgIpc) is 3.97. The summed E-state index contributed by atoms with van der Waals surface area (Å²) in [5.41, 5.74) is 7.10. The first-order valence-electron chi connectivity index (χ1n) is 15.8. The minimum absolute atomic E-state index is 0. The number of nitrogens with zero attached hydrogens (tertiary/aromatic N) is 4. The Morgan fingerprint density at radius 2 is 1.00 bits per heavy atom. The standard InChI is InChI=1S/C20H16N2O3S.C19H14N2O3S.2CH4.Li.H2O/c1-11-4-5-12(2)17-15(11)10-16(26-17)19-21-18(22-25-19)13-6-8-14(9-7-13)20(23)24-3;1-10-3-4-11(2)16-14(10)9-15(25-16)18-20-17(21-24-18)12-5-7-13(8-6-12)19(22)23;;;;/h4-10H,1-3H3;3-9H,1-2H3,(H,22,23);2*1H4;;1H2/q;;;;+1;/p-1. The fourth-order valence-electron chi connectivity index (χ4n) is 5.51. The van der Waals surface area contributed by atoms with Gasteiger partial charge in [0, 0.05) is 20.5 Å². The first kappa shape index (κ1) is 44.0. The summed E-state index contributed by atoms with van der Waals surface area (Å²) < 4.78 is 18.1. The van der Waals surface area contributed by atoms with Crippen LogP contribution >= 0.6 is 22.7 Å². The molecule has 0 aliphatic rings. The number of methoxy groups -OCH3 is 1. The van der Waals surface area contributed by atoms with Crippen molar-refractivity contribution in [2.75, 3.05) is 7.11 Å². The fraction of sp³-hybridized carbons (Fsp3) is 0.171. The van der Waals surface area contributed by atoms with Crippen LogP contribution in [0.5, 0.6) is 0 Å². The molecule has 0 atom stereocenters. The topological polar surface area (TPSA) is 171 Å². The number of esters is 1. The molecule has 11 nitrogen and oxygen atoms in total. The van der Waals surface area contributed by atoms with E-state index >= 15 is 0 Å². The number of hydrogen-bond acceptors (Lipinski definition) is 12. The van der Waals surface area contributed by atoms with Crippen LogP contribution in [0.3, 0.4) is 0 Å². The van der Waals surface area contributed by atoms with Crippen molar-refractivity contribution >= 4 is 54.8 Å². The van der Waals surface area contributed by atoms with Crippen molar-refractivity contribution in [3.05, 3.63) is 118 Å². The molecular weight excluding hydrogens is 732 g/mol. The van der Waals surface area contributed by atoms with E-state index in [1.807, 2.05) is 0 Å². The van der Waals surface area contributed by atoms with Crippen molar-refractivity contribution in [3.8, 4) is 44.3 Å². The number of fused-ring (bicyclic) bond motifs is 2. The Kier molecular flexibility index (Phi) is 14.6. The summed E-state index contributed by atoms with van der Waals surface area (Å²) in [6.45, 7) is 8.37. The van der Waals surface area contributed by atoms with Gasteiger partial charge in [0.25, 0.3) is 11.8 Å². The normalized spacial score (nSPS) is 10.3. The van der Waals surface area contributed by atoms with E-state index in [2.05, 4.69) is 84.4 Å². The molecule has 8 aromatic rings. The van der Waals surface area contributed by atoms with Crippen LogP contribution in [-0.2, 0) is 4.74 Å². The van der Waals surface area contributed by atoms with Gasteiger partial charge in [-0.15, -0.1) is 22.7 Å². The number of benzene rings is 4. The zero-order chi connectivity index (χ0) is 35.8. The number of carbonyl (C=O) groups is 2. The largest absolute Gasteiger partial charge is 1.00 e. The molecule has 0 fully saturated rings. The van der Waals surface area contributed by atoms with Crippen molar-refractivity contribution in [2.45, 2.75) is 42.5 Å². The number of ether oxygens (including phenoxy) is 1. The SMILES string of the molecule is C.C.COC(=O)c1ccc(-c2noc(-c3cc4c(C)ccc(C)c4s3)n2)cc1.Cc1ccc(C)c2sc(-c3nc(-c4ccc(C(=O)O)cc4)no3)cc12.[Li+].[OH-]. The zero-order valence-electron chi connectivity index (χ0n) is 29.6. The Balaban J connectivity index is 0.000000275. The molecule has 4 heterocycles. The first-order valence-corrected chi connectivity index (χ1v) is 17.4. The first-order chi connectivity index (χ1) is 24.6. The zero-order valence-corrected chi connectivity index (χ0v) is 31.3. The van der Waals surface area contributed by atoms with Crippen molar-refractivity contribution in [3.63, 3.8) is 0 Å². The average molecular weight is 771 g/mol.